The predicted octanol–water partition coefficient (Wildman–Crippen LogP) is 2.36. The maximum atomic E-state index is 12.1. The van der Waals surface area contributed by atoms with Crippen molar-refractivity contribution >= 4 is 6.03 Å². The smallest absolute Gasteiger partial charge is 0.317 e. The van der Waals surface area contributed by atoms with E-state index >= 15 is 0 Å². The van der Waals surface area contributed by atoms with Crippen LogP contribution in [-0.4, -0.2) is 61.7 Å². The number of rotatable bonds is 7. The second kappa shape index (κ2) is 8.20. The topological polar surface area (TPSA) is 44.8 Å². The molecule has 1 atom stereocenters. The molecule has 0 radical (unpaired) electrons. The quantitative estimate of drug-likeness (QED) is 0.839. The summed E-state index contributed by atoms with van der Waals surface area (Å²) >= 11 is 0. The maximum Gasteiger partial charge on any atom is 0.317 e. The largest absolute Gasteiger partial charge is 0.487 e. The number of aryl methyl sites for hydroxylation is 1. The van der Waals surface area contributed by atoms with Crippen molar-refractivity contribution in [2.45, 2.75) is 26.9 Å². The number of likely N-dealkylation sites (tertiary alicyclic amines) is 1. The molecule has 1 aliphatic heterocycles. The number of amides is 2. The Morgan fingerprint density at radius 3 is 2.87 bits per heavy atom. The third-order valence-electron chi connectivity index (χ3n) is 4.19. The van der Waals surface area contributed by atoms with Gasteiger partial charge in [-0.2, -0.15) is 0 Å². The van der Waals surface area contributed by atoms with Gasteiger partial charge in [0.1, 0.15) is 11.9 Å². The minimum absolute atomic E-state index is 0.0140. The molecule has 2 amide bonds. The summed E-state index contributed by atoms with van der Waals surface area (Å²) in [5.41, 5.74) is 1.18. The van der Waals surface area contributed by atoms with Gasteiger partial charge in [-0.15, -0.1) is 0 Å². The molecule has 0 unspecified atom stereocenters. The van der Waals surface area contributed by atoms with E-state index in [1.165, 1.54) is 5.56 Å². The van der Waals surface area contributed by atoms with Crippen LogP contribution in [0.5, 0.6) is 5.75 Å². The van der Waals surface area contributed by atoms with Gasteiger partial charge < -0.3 is 19.9 Å². The monoisotopic (exact) mass is 319 g/mol. The molecular weight excluding hydrogens is 290 g/mol. The molecule has 1 aromatic rings. The average Bonchev–Trinajstić information content (AvgIpc) is 2.48. The highest BCUT2D eigenvalue weighted by atomic mass is 16.5. The summed E-state index contributed by atoms with van der Waals surface area (Å²) < 4.78 is 5.88. The molecule has 128 valence electrons. The van der Waals surface area contributed by atoms with Crippen molar-refractivity contribution in [3.05, 3.63) is 29.8 Å². The van der Waals surface area contributed by atoms with Crippen LogP contribution < -0.4 is 10.1 Å². The Morgan fingerprint density at radius 1 is 1.48 bits per heavy atom. The molecular formula is C18H29N3O2. The highest BCUT2D eigenvalue weighted by Crippen LogP contribution is 2.19. The third-order valence-corrected chi connectivity index (χ3v) is 4.19. The minimum atomic E-state index is 0.0140. The molecule has 0 bridgehead atoms. The van der Waals surface area contributed by atoms with E-state index in [0.717, 1.165) is 18.8 Å². The normalized spacial score (nSPS) is 16.1. The highest BCUT2D eigenvalue weighted by molar-refractivity contribution is 5.75. The van der Waals surface area contributed by atoms with E-state index in [1.54, 1.807) is 4.90 Å². The van der Waals surface area contributed by atoms with Crippen molar-refractivity contribution in [2.24, 2.45) is 5.92 Å². The van der Waals surface area contributed by atoms with Crippen molar-refractivity contribution in [2.75, 3.05) is 39.8 Å². The number of carbonyl (C=O) groups excluding carboxylic acids is 1. The molecule has 1 saturated heterocycles. The molecule has 2 rings (SSSR count). The molecule has 1 aromatic carbocycles. The van der Waals surface area contributed by atoms with Crippen molar-refractivity contribution in [1.82, 2.24) is 15.1 Å². The van der Waals surface area contributed by atoms with Gasteiger partial charge in [0, 0.05) is 13.1 Å². The molecule has 1 heterocycles. The van der Waals surface area contributed by atoms with E-state index in [4.69, 9.17) is 4.74 Å². The molecule has 0 aromatic heterocycles. The van der Waals surface area contributed by atoms with E-state index < -0.39 is 0 Å². The highest BCUT2D eigenvalue weighted by Gasteiger charge is 2.32. The fraction of sp³-hybridized carbons (Fsp3) is 0.611. The number of hydrogen-bond donors (Lipinski definition) is 1. The van der Waals surface area contributed by atoms with Crippen LogP contribution in [0.1, 0.15) is 19.4 Å². The number of ether oxygens (including phenoxy) is 1. The van der Waals surface area contributed by atoms with Crippen LogP contribution in [0.3, 0.4) is 0 Å². The summed E-state index contributed by atoms with van der Waals surface area (Å²) in [5.74, 6) is 1.33. The van der Waals surface area contributed by atoms with E-state index in [-0.39, 0.29) is 12.1 Å². The number of carbonyl (C=O) groups is 1. The van der Waals surface area contributed by atoms with Gasteiger partial charge in [-0.25, -0.2) is 4.79 Å². The summed E-state index contributed by atoms with van der Waals surface area (Å²) in [6.45, 7) is 10.4. The van der Waals surface area contributed by atoms with Gasteiger partial charge in [-0.1, -0.05) is 26.0 Å². The van der Waals surface area contributed by atoms with Gasteiger partial charge in [0.15, 0.2) is 0 Å². The van der Waals surface area contributed by atoms with E-state index in [2.05, 4.69) is 31.1 Å². The Bertz CT molecular complexity index is 515. The Hall–Kier alpha value is -1.75. The number of benzene rings is 1. The first-order valence-corrected chi connectivity index (χ1v) is 8.42. The molecule has 23 heavy (non-hydrogen) atoms. The van der Waals surface area contributed by atoms with Gasteiger partial charge in [-0.3, -0.25) is 0 Å². The fourth-order valence-electron chi connectivity index (χ4n) is 2.66. The van der Waals surface area contributed by atoms with Gasteiger partial charge in [0.2, 0.25) is 0 Å². The summed E-state index contributed by atoms with van der Waals surface area (Å²) in [7, 11) is 2.10. The minimum Gasteiger partial charge on any atom is -0.487 e. The molecule has 1 aliphatic rings. The van der Waals surface area contributed by atoms with Crippen LogP contribution in [0.15, 0.2) is 24.3 Å². The van der Waals surface area contributed by atoms with Crippen LogP contribution in [0.4, 0.5) is 4.79 Å². The second-order valence-electron chi connectivity index (χ2n) is 6.61. The maximum absolute atomic E-state index is 12.1. The van der Waals surface area contributed by atoms with E-state index in [9.17, 15) is 4.79 Å². The zero-order valence-electron chi connectivity index (χ0n) is 14.7. The predicted molar refractivity (Wildman–Crippen MR) is 92.9 cm³/mol. The van der Waals surface area contributed by atoms with Crippen LogP contribution in [0.2, 0.25) is 0 Å². The first kappa shape index (κ1) is 17.6. The standard InChI is InChI=1S/C18H29N3O2/c1-5-20(4)11-15(3)10-19-18(22)21-12-17(13-21)23-16-8-6-7-14(2)9-16/h6-9,15,17H,5,10-13H2,1-4H3,(H,19,22)/t15-/m1/s1. The number of nitrogens with zero attached hydrogens (tertiary/aromatic N) is 2. The number of nitrogens with one attached hydrogen (secondary N) is 1. The number of hydrogen-bond acceptors (Lipinski definition) is 3. The van der Waals surface area contributed by atoms with Crippen LogP contribution in [-0.2, 0) is 0 Å². The first-order valence-electron chi connectivity index (χ1n) is 8.42. The molecule has 1 fully saturated rings. The van der Waals surface area contributed by atoms with Crippen LogP contribution in [0, 0.1) is 12.8 Å². The van der Waals surface area contributed by atoms with Crippen molar-refractivity contribution in [3.63, 3.8) is 0 Å². The summed E-state index contributed by atoms with van der Waals surface area (Å²) in [4.78, 5) is 16.1. The first-order chi connectivity index (χ1) is 11.0. The zero-order chi connectivity index (χ0) is 16.8. The Kier molecular flexibility index (Phi) is 6.28. The molecule has 0 aliphatic carbocycles. The summed E-state index contributed by atoms with van der Waals surface area (Å²) in [6.07, 6.45) is 0.103. The van der Waals surface area contributed by atoms with Gasteiger partial charge >= 0.3 is 6.03 Å². The molecule has 0 spiro atoms. The summed E-state index contributed by atoms with van der Waals surface area (Å²) in [6, 6.07) is 8.03. The van der Waals surface area contributed by atoms with Crippen molar-refractivity contribution in [3.8, 4) is 5.75 Å². The van der Waals surface area contributed by atoms with E-state index in [0.29, 0.717) is 25.6 Å². The summed E-state index contributed by atoms with van der Waals surface area (Å²) in [5, 5.41) is 3.01. The molecule has 5 heteroatoms. The van der Waals surface area contributed by atoms with Crippen LogP contribution >= 0.6 is 0 Å². The lowest BCUT2D eigenvalue weighted by Gasteiger charge is -2.39. The Labute approximate surface area is 139 Å². The van der Waals surface area contributed by atoms with Crippen LogP contribution in [0.25, 0.3) is 0 Å². The van der Waals surface area contributed by atoms with Gasteiger partial charge in [0.05, 0.1) is 13.1 Å². The van der Waals surface area contributed by atoms with E-state index in [1.807, 2.05) is 31.2 Å². The second-order valence-corrected chi connectivity index (χ2v) is 6.61. The van der Waals surface area contributed by atoms with Crippen molar-refractivity contribution in [1.29, 1.82) is 0 Å². The SMILES string of the molecule is CCN(C)C[C@H](C)CNC(=O)N1CC(Oc2cccc(C)c2)C1. The lowest BCUT2D eigenvalue weighted by molar-refractivity contribution is 0.0440. The molecule has 0 saturated carbocycles. The Morgan fingerprint density at radius 2 is 2.22 bits per heavy atom. The lowest BCUT2D eigenvalue weighted by atomic mass is 10.1. The van der Waals surface area contributed by atoms with Crippen molar-refractivity contribution < 1.29 is 9.53 Å². The van der Waals surface area contributed by atoms with Gasteiger partial charge in [0.25, 0.3) is 0 Å². The fourth-order valence-corrected chi connectivity index (χ4v) is 2.66. The molecule has 5 nitrogen and oxygen atoms in total. The average molecular weight is 319 g/mol. The zero-order valence-corrected chi connectivity index (χ0v) is 14.7. The third kappa shape index (κ3) is 5.43. The lowest BCUT2D eigenvalue weighted by Crippen LogP contribution is -2.59. The van der Waals surface area contributed by atoms with Gasteiger partial charge in [-0.05, 0) is 44.1 Å². The number of urea groups is 1. The Balaban J connectivity index is 1.65. The molecule has 1 N–H and O–H groups in total.